The van der Waals surface area contributed by atoms with Crippen LogP contribution in [-0.4, -0.2) is 38.0 Å². The summed E-state index contributed by atoms with van der Waals surface area (Å²) in [6.45, 7) is -0.396. The lowest BCUT2D eigenvalue weighted by molar-refractivity contribution is -0.151. The summed E-state index contributed by atoms with van der Waals surface area (Å²) >= 11 is 17.7. The highest BCUT2D eigenvalue weighted by Crippen LogP contribution is 2.35. The van der Waals surface area contributed by atoms with E-state index in [9.17, 15) is 14.4 Å². The number of amides is 2. The molecular weight excluding hydrogens is 455 g/mol. The van der Waals surface area contributed by atoms with E-state index < -0.39 is 24.4 Å². The second kappa shape index (κ2) is 9.55. The normalized spacial score (nSPS) is 15.8. The van der Waals surface area contributed by atoms with Crippen molar-refractivity contribution >= 4 is 64.0 Å². The fourth-order valence-electron chi connectivity index (χ4n) is 3.00. The van der Waals surface area contributed by atoms with Crippen LogP contribution in [0, 0.1) is 5.92 Å². The molecule has 0 saturated carbocycles. The van der Waals surface area contributed by atoms with Crippen molar-refractivity contribution in [1.82, 2.24) is 0 Å². The first-order valence-electron chi connectivity index (χ1n) is 8.84. The summed E-state index contributed by atoms with van der Waals surface area (Å²) in [6.07, 6.45) is -0.0388. The highest BCUT2D eigenvalue weighted by molar-refractivity contribution is 6.42. The van der Waals surface area contributed by atoms with Gasteiger partial charge in [-0.3, -0.25) is 14.4 Å². The van der Waals surface area contributed by atoms with Crippen molar-refractivity contribution in [3.8, 4) is 5.75 Å². The number of halogens is 3. The summed E-state index contributed by atoms with van der Waals surface area (Å²) in [5.74, 6) is -1.70. The van der Waals surface area contributed by atoms with E-state index >= 15 is 0 Å². The lowest BCUT2D eigenvalue weighted by atomic mass is 10.1. The number of nitrogens with zero attached hydrogens (tertiary/aromatic N) is 1. The predicted octanol–water partition coefficient (Wildman–Crippen LogP) is 4.19. The number of benzene rings is 2. The Hall–Kier alpha value is -2.48. The summed E-state index contributed by atoms with van der Waals surface area (Å²) in [6, 6.07) is 9.47. The van der Waals surface area contributed by atoms with E-state index in [1.165, 1.54) is 24.1 Å². The molecule has 7 nitrogen and oxygen atoms in total. The number of hydrogen-bond donors (Lipinski definition) is 1. The van der Waals surface area contributed by atoms with Gasteiger partial charge in [0.15, 0.2) is 6.61 Å². The maximum atomic E-state index is 12.4. The van der Waals surface area contributed by atoms with Crippen molar-refractivity contribution in [2.45, 2.75) is 6.42 Å². The van der Waals surface area contributed by atoms with Gasteiger partial charge in [-0.05, 0) is 36.4 Å². The third-order valence-corrected chi connectivity index (χ3v) is 5.41. The summed E-state index contributed by atoms with van der Waals surface area (Å²) in [7, 11) is 1.48. The van der Waals surface area contributed by atoms with E-state index in [4.69, 9.17) is 44.3 Å². The molecule has 1 atom stereocenters. The van der Waals surface area contributed by atoms with Gasteiger partial charge in [-0.25, -0.2) is 0 Å². The first-order valence-corrected chi connectivity index (χ1v) is 9.97. The van der Waals surface area contributed by atoms with Crippen molar-refractivity contribution in [2.24, 2.45) is 5.92 Å². The van der Waals surface area contributed by atoms with Crippen LogP contribution in [0.1, 0.15) is 6.42 Å². The molecule has 1 fully saturated rings. The zero-order valence-electron chi connectivity index (χ0n) is 15.8. The molecule has 0 unspecified atom stereocenters. The molecule has 2 aromatic rings. The molecule has 2 aromatic carbocycles. The Morgan fingerprint density at radius 1 is 1.13 bits per heavy atom. The molecule has 1 saturated heterocycles. The minimum absolute atomic E-state index is 0.0388. The Kier molecular flexibility index (Phi) is 7.07. The Labute approximate surface area is 187 Å². The molecule has 0 bridgehead atoms. The van der Waals surface area contributed by atoms with Gasteiger partial charge in [0.25, 0.3) is 5.91 Å². The number of carbonyl (C=O) groups is 3. The fraction of sp³-hybridized carbons (Fsp3) is 0.250. The smallest absolute Gasteiger partial charge is 0.311 e. The third kappa shape index (κ3) is 5.16. The zero-order valence-corrected chi connectivity index (χ0v) is 18.1. The summed E-state index contributed by atoms with van der Waals surface area (Å²) in [4.78, 5) is 38.2. The third-order valence-electron chi connectivity index (χ3n) is 4.44. The molecule has 1 aliphatic rings. The zero-order chi connectivity index (χ0) is 21.8. The van der Waals surface area contributed by atoms with E-state index in [0.717, 1.165) is 0 Å². The van der Waals surface area contributed by atoms with Gasteiger partial charge in [-0.2, -0.15) is 0 Å². The number of carbonyl (C=O) groups excluding carboxylic acids is 3. The van der Waals surface area contributed by atoms with Crippen molar-refractivity contribution in [3.05, 3.63) is 51.5 Å². The SMILES string of the molecule is COc1ccc(Cl)cc1N1C[C@H](C(=O)OCC(=O)Nc2ccc(Cl)c(Cl)c2)CC1=O. The number of nitrogens with one attached hydrogen (secondary N) is 1. The summed E-state index contributed by atoms with van der Waals surface area (Å²) in [5, 5.41) is 3.63. The molecule has 0 radical (unpaired) electrons. The molecule has 0 aromatic heterocycles. The molecule has 2 amide bonds. The molecule has 1 heterocycles. The van der Waals surface area contributed by atoms with E-state index in [1.807, 2.05) is 0 Å². The maximum Gasteiger partial charge on any atom is 0.311 e. The molecular formula is C20H17Cl3N2O5. The average Bonchev–Trinajstić information content (AvgIpc) is 3.10. The van der Waals surface area contributed by atoms with Crippen LogP contribution in [0.15, 0.2) is 36.4 Å². The molecule has 1 N–H and O–H groups in total. The Bertz CT molecular complexity index is 998. The van der Waals surface area contributed by atoms with Crippen LogP contribution in [0.25, 0.3) is 0 Å². The average molecular weight is 472 g/mol. The second-order valence-corrected chi connectivity index (χ2v) is 7.76. The molecule has 0 aliphatic carbocycles. The van der Waals surface area contributed by atoms with Crippen molar-refractivity contribution in [2.75, 3.05) is 30.5 Å². The Morgan fingerprint density at radius 3 is 2.60 bits per heavy atom. The molecule has 10 heteroatoms. The highest BCUT2D eigenvalue weighted by atomic mass is 35.5. The molecule has 1 aliphatic heterocycles. The molecule has 158 valence electrons. The molecule has 3 rings (SSSR count). The standard InChI is InChI=1S/C20H17Cl3N2O5/c1-29-17-5-2-12(21)7-16(17)25-9-11(6-19(25)27)20(28)30-10-18(26)24-13-3-4-14(22)15(23)8-13/h2-5,7-8,11H,6,9-10H2,1H3,(H,24,26)/t11-/m1/s1. The van der Waals surface area contributed by atoms with E-state index in [-0.39, 0.29) is 23.9 Å². The number of anilines is 2. The number of ether oxygens (including phenoxy) is 2. The quantitative estimate of drug-likeness (QED) is 0.639. The van der Waals surface area contributed by atoms with Crippen LogP contribution in [0.2, 0.25) is 15.1 Å². The van der Waals surface area contributed by atoms with Crippen LogP contribution >= 0.6 is 34.8 Å². The summed E-state index contributed by atoms with van der Waals surface area (Å²) < 4.78 is 10.3. The van der Waals surface area contributed by atoms with E-state index in [0.29, 0.717) is 27.2 Å². The monoisotopic (exact) mass is 470 g/mol. The topological polar surface area (TPSA) is 84.9 Å². The van der Waals surface area contributed by atoms with Gasteiger partial charge in [0.05, 0.1) is 28.8 Å². The lowest BCUT2D eigenvalue weighted by Gasteiger charge is -2.19. The van der Waals surface area contributed by atoms with Gasteiger partial charge in [0.2, 0.25) is 5.91 Å². The van der Waals surface area contributed by atoms with Crippen LogP contribution in [0.4, 0.5) is 11.4 Å². The van der Waals surface area contributed by atoms with Crippen LogP contribution in [-0.2, 0) is 19.1 Å². The van der Waals surface area contributed by atoms with Crippen molar-refractivity contribution < 1.29 is 23.9 Å². The van der Waals surface area contributed by atoms with Crippen LogP contribution in [0.5, 0.6) is 5.75 Å². The van der Waals surface area contributed by atoms with Gasteiger partial charge >= 0.3 is 5.97 Å². The van der Waals surface area contributed by atoms with Crippen LogP contribution in [0.3, 0.4) is 0 Å². The van der Waals surface area contributed by atoms with Gasteiger partial charge < -0.3 is 19.7 Å². The Balaban J connectivity index is 1.57. The van der Waals surface area contributed by atoms with Gasteiger partial charge in [0.1, 0.15) is 5.75 Å². The van der Waals surface area contributed by atoms with Gasteiger partial charge in [-0.1, -0.05) is 34.8 Å². The first-order chi connectivity index (χ1) is 14.3. The molecule has 0 spiro atoms. The largest absolute Gasteiger partial charge is 0.495 e. The predicted molar refractivity (Wildman–Crippen MR) is 115 cm³/mol. The highest BCUT2D eigenvalue weighted by Gasteiger charge is 2.37. The Morgan fingerprint density at radius 2 is 1.90 bits per heavy atom. The van der Waals surface area contributed by atoms with Crippen LogP contribution < -0.4 is 15.0 Å². The maximum absolute atomic E-state index is 12.4. The molecule has 30 heavy (non-hydrogen) atoms. The minimum atomic E-state index is -0.709. The van der Waals surface area contributed by atoms with E-state index in [1.54, 1.807) is 24.3 Å². The number of hydrogen-bond acceptors (Lipinski definition) is 5. The summed E-state index contributed by atoms with van der Waals surface area (Å²) in [5.41, 5.74) is 0.892. The fourth-order valence-corrected chi connectivity index (χ4v) is 3.46. The van der Waals surface area contributed by atoms with Crippen molar-refractivity contribution in [3.63, 3.8) is 0 Å². The van der Waals surface area contributed by atoms with Gasteiger partial charge in [-0.15, -0.1) is 0 Å². The van der Waals surface area contributed by atoms with Gasteiger partial charge in [0, 0.05) is 23.7 Å². The lowest BCUT2D eigenvalue weighted by Crippen LogP contribution is -2.28. The number of esters is 1. The van der Waals surface area contributed by atoms with E-state index in [2.05, 4.69) is 5.32 Å². The first kappa shape index (κ1) is 22.2. The minimum Gasteiger partial charge on any atom is -0.495 e. The second-order valence-electron chi connectivity index (χ2n) is 6.51. The van der Waals surface area contributed by atoms with Crippen molar-refractivity contribution in [1.29, 1.82) is 0 Å². The number of methoxy groups -OCH3 is 1. The number of rotatable bonds is 6.